The topological polar surface area (TPSA) is 282 Å². The van der Waals surface area contributed by atoms with Crippen molar-refractivity contribution >= 4 is 69.0 Å². The van der Waals surface area contributed by atoms with Crippen LogP contribution in [0.4, 0.5) is 0 Å². The van der Waals surface area contributed by atoms with Crippen molar-refractivity contribution in [3.63, 3.8) is 0 Å². The maximum Gasteiger partial charge on any atom is 0.305 e. The third kappa shape index (κ3) is 13.8. The molecule has 0 aromatic carbocycles. The van der Waals surface area contributed by atoms with Gasteiger partial charge in [-0.25, -0.2) is 0 Å². The van der Waals surface area contributed by atoms with E-state index in [2.05, 4.69) is 26.3 Å². The van der Waals surface area contributed by atoms with Gasteiger partial charge in [-0.2, -0.15) is 0 Å². The average molecular weight is 676 g/mol. The van der Waals surface area contributed by atoms with Gasteiger partial charge in [0.15, 0.2) is 5.96 Å². The summed E-state index contributed by atoms with van der Waals surface area (Å²) in [7, 11) is 3.62. The van der Waals surface area contributed by atoms with Gasteiger partial charge in [0.2, 0.25) is 35.4 Å². The van der Waals surface area contributed by atoms with Gasteiger partial charge in [-0.15, -0.1) is 0 Å². The molecule has 0 unspecified atom stereocenters. The number of carboxylic acids is 1. The fourth-order valence-electron chi connectivity index (χ4n) is 4.22. The van der Waals surface area contributed by atoms with Gasteiger partial charge in [0.05, 0.1) is 13.0 Å². The molecule has 1 rings (SSSR count). The summed E-state index contributed by atoms with van der Waals surface area (Å²) in [6, 6.07) is -5.12. The quantitative estimate of drug-likeness (QED) is 0.0500. The standard InChI is InChI=1S/C26H45N9O8S2/c1-5-6-9-17(36)33-15-13-44-45-26(2,3)20(21(27)40)34-22(41)14(11-19(38)39)32-18(37)12-31-23(42)16(35(4)24(15)43)8-7-10-30-25(28)29/h14-16,20H,5-13H2,1-4H3,(H2,27,40)(H,31,42)(H,32,37)(H,33,36)(H,34,41)(H,38,39)(H4,28,29,30)/t14-,15-,16-,20-/m0/s1. The number of primary amides is 1. The number of carboxylic acid groups (broad SMARTS) is 1. The van der Waals surface area contributed by atoms with Crippen molar-refractivity contribution in [3.8, 4) is 0 Å². The van der Waals surface area contributed by atoms with Crippen LogP contribution < -0.4 is 38.5 Å². The van der Waals surface area contributed by atoms with Crippen LogP contribution in [-0.2, 0) is 33.6 Å². The van der Waals surface area contributed by atoms with E-state index in [0.717, 1.165) is 28.0 Å². The highest BCUT2D eigenvalue weighted by Crippen LogP contribution is 2.38. The Morgan fingerprint density at radius 2 is 1.76 bits per heavy atom. The molecule has 0 aromatic rings. The largest absolute Gasteiger partial charge is 0.481 e. The van der Waals surface area contributed by atoms with Gasteiger partial charge in [0.1, 0.15) is 24.2 Å². The Hall–Kier alpha value is -3.74. The maximum atomic E-state index is 13.8. The van der Waals surface area contributed by atoms with Crippen LogP contribution in [-0.4, -0.2) is 112 Å². The van der Waals surface area contributed by atoms with Crippen molar-refractivity contribution in [1.29, 1.82) is 0 Å². The van der Waals surface area contributed by atoms with Crippen molar-refractivity contribution in [1.82, 2.24) is 26.2 Å². The molecule has 0 aromatic heterocycles. The lowest BCUT2D eigenvalue weighted by Gasteiger charge is -2.33. The number of nitrogens with two attached hydrogens (primary N) is 3. The van der Waals surface area contributed by atoms with E-state index in [1.165, 1.54) is 11.9 Å². The lowest BCUT2D eigenvalue weighted by Crippen LogP contribution is -2.59. The van der Waals surface area contributed by atoms with Gasteiger partial charge in [-0.05, 0) is 33.1 Å². The molecule has 11 N–H and O–H groups in total. The third-order valence-electron chi connectivity index (χ3n) is 6.67. The Balaban J connectivity index is 3.51. The molecule has 0 saturated carbocycles. The zero-order valence-electron chi connectivity index (χ0n) is 25.9. The molecule has 45 heavy (non-hydrogen) atoms. The zero-order valence-corrected chi connectivity index (χ0v) is 27.6. The summed E-state index contributed by atoms with van der Waals surface area (Å²) < 4.78 is -1.10. The number of nitrogens with zero attached hydrogens (tertiary/aromatic N) is 2. The minimum atomic E-state index is -1.60. The minimum Gasteiger partial charge on any atom is -0.481 e. The predicted octanol–water partition coefficient (Wildman–Crippen LogP) is -2.24. The molecule has 17 nitrogen and oxygen atoms in total. The summed E-state index contributed by atoms with van der Waals surface area (Å²) in [5, 5.41) is 19.2. The summed E-state index contributed by atoms with van der Waals surface area (Å²) in [4.78, 5) is 94.5. The molecular weight excluding hydrogens is 630 g/mol. The molecule has 1 aliphatic heterocycles. The maximum absolute atomic E-state index is 13.8. The van der Waals surface area contributed by atoms with Gasteiger partial charge < -0.3 is 48.5 Å². The fraction of sp³-hybridized carbons (Fsp3) is 0.692. The summed E-state index contributed by atoms with van der Waals surface area (Å²) in [6.45, 7) is 4.62. The van der Waals surface area contributed by atoms with Crippen LogP contribution in [0.5, 0.6) is 0 Å². The Morgan fingerprint density at radius 3 is 2.33 bits per heavy atom. The van der Waals surface area contributed by atoms with E-state index < -0.39 is 77.4 Å². The molecule has 1 fully saturated rings. The number of nitrogens with one attached hydrogen (secondary N) is 4. The molecule has 1 saturated heterocycles. The van der Waals surface area contributed by atoms with E-state index >= 15 is 0 Å². The summed E-state index contributed by atoms with van der Waals surface area (Å²) in [6.07, 6.45) is 1.08. The number of rotatable bonds is 11. The molecule has 19 heteroatoms. The van der Waals surface area contributed by atoms with E-state index in [4.69, 9.17) is 17.2 Å². The monoisotopic (exact) mass is 675 g/mol. The number of hydrogen-bond acceptors (Lipinski definition) is 10. The SMILES string of the molecule is CCCCC(=O)N[C@H]1CSSC(C)(C)[C@H](C(N)=O)NC(=O)[C@H](CC(=O)O)NC(=O)CNC(=O)[C@H](CCCN=C(N)N)N(C)C1=O. The highest BCUT2D eigenvalue weighted by atomic mass is 33.1. The number of aliphatic carboxylic acids is 1. The average Bonchev–Trinajstić information content (AvgIpc) is 2.94. The molecule has 1 heterocycles. The van der Waals surface area contributed by atoms with Crippen LogP contribution in [0.25, 0.3) is 0 Å². The highest BCUT2D eigenvalue weighted by molar-refractivity contribution is 8.77. The van der Waals surface area contributed by atoms with E-state index in [-0.39, 0.29) is 43.4 Å². The van der Waals surface area contributed by atoms with Gasteiger partial charge in [-0.3, -0.25) is 38.6 Å². The molecule has 1 aliphatic rings. The Kier molecular flexibility index (Phi) is 16.5. The molecular formula is C26H45N9O8S2. The Morgan fingerprint density at radius 1 is 1.09 bits per heavy atom. The van der Waals surface area contributed by atoms with E-state index in [0.29, 0.717) is 6.42 Å². The number of likely N-dealkylation sites (N-methyl/N-ethyl adjacent to an activating group) is 1. The molecule has 0 aliphatic carbocycles. The molecule has 6 amide bonds. The molecule has 254 valence electrons. The predicted molar refractivity (Wildman–Crippen MR) is 170 cm³/mol. The summed E-state index contributed by atoms with van der Waals surface area (Å²) in [5.74, 6) is -6.00. The highest BCUT2D eigenvalue weighted by Gasteiger charge is 2.39. The molecule has 0 bridgehead atoms. The fourth-order valence-corrected chi connectivity index (χ4v) is 7.04. The van der Waals surface area contributed by atoms with Crippen LogP contribution in [0.1, 0.15) is 59.3 Å². The van der Waals surface area contributed by atoms with E-state index in [9.17, 15) is 38.7 Å². The number of amides is 6. The number of aliphatic imine (C=N–C) groups is 1. The van der Waals surface area contributed by atoms with Crippen molar-refractivity contribution in [3.05, 3.63) is 0 Å². The first-order chi connectivity index (χ1) is 21.0. The van der Waals surface area contributed by atoms with Gasteiger partial charge in [0, 0.05) is 30.5 Å². The second kappa shape index (κ2) is 18.9. The van der Waals surface area contributed by atoms with Crippen molar-refractivity contribution in [2.75, 3.05) is 25.9 Å². The lowest BCUT2D eigenvalue weighted by atomic mass is 10.0. The number of carbonyl (C=O) groups is 7. The first-order valence-corrected chi connectivity index (χ1v) is 16.6. The minimum absolute atomic E-state index is 0.0125. The van der Waals surface area contributed by atoms with Crippen LogP contribution in [0, 0.1) is 0 Å². The smallest absolute Gasteiger partial charge is 0.305 e. The van der Waals surface area contributed by atoms with Crippen LogP contribution >= 0.6 is 21.6 Å². The number of hydrogen-bond donors (Lipinski definition) is 8. The number of carbonyl (C=O) groups excluding carboxylic acids is 6. The second-order valence-electron chi connectivity index (χ2n) is 10.9. The molecule has 0 radical (unpaired) electrons. The Bertz CT molecular complexity index is 1130. The van der Waals surface area contributed by atoms with Gasteiger partial charge in [0.25, 0.3) is 0 Å². The van der Waals surface area contributed by atoms with Crippen LogP contribution in [0.2, 0.25) is 0 Å². The second-order valence-corrected chi connectivity index (χ2v) is 13.9. The summed E-state index contributed by atoms with van der Waals surface area (Å²) in [5.41, 5.74) is 16.4. The van der Waals surface area contributed by atoms with Gasteiger partial charge >= 0.3 is 5.97 Å². The van der Waals surface area contributed by atoms with Crippen LogP contribution in [0.15, 0.2) is 4.99 Å². The van der Waals surface area contributed by atoms with Crippen molar-refractivity contribution in [2.45, 2.75) is 88.2 Å². The normalized spacial score (nSPS) is 23.5. The first-order valence-electron chi connectivity index (χ1n) is 14.3. The molecule has 4 atom stereocenters. The third-order valence-corrected chi connectivity index (χ3v) is 9.97. The lowest BCUT2D eigenvalue weighted by molar-refractivity contribution is -0.142. The molecule has 0 spiro atoms. The number of guanidine groups is 1. The van der Waals surface area contributed by atoms with Crippen molar-refractivity contribution in [2.24, 2.45) is 22.2 Å². The zero-order chi connectivity index (χ0) is 34.3. The van der Waals surface area contributed by atoms with Crippen LogP contribution in [0.3, 0.4) is 0 Å². The van der Waals surface area contributed by atoms with Crippen molar-refractivity contribution < 1.29 is 38.7 Å². The summed E-state index contributed by atoms with van der Waals surface area (Å²) >= 11 is 0. The van der Waals surface area contributed by atoms with Gasteiger partial charge in [-0.1, -0.05) is 34.9 Å². The van der Waals surface area contributed by atoms with E-state index in [1.54, 1.807) is 13.8 Å². The van der Waals surface area contributed by atoms with E-state index in [1.807, 2.05) is 6.92 Å². The Labute approximate surface area is 269 Å². The number of unbranched alkanes of at least 4 members (excludes halogenated alkanes) is 1. The first kappa shape index (κ1) is 39.3.